The molecule has 0 aromatic carbocycles. The summed E-state index contributed by atoms with van der Waals surface area (Å²) in [6.07, 6.45) is -3.81. The van der Waals surface area contributed by atoms with E-state index in [4.69, 9.17) is 14.6 Å². The number of aryl methyl sites for hydroxylation is 1. The highest BCUT2D eigenvalue weighted by Gasteiger charge is 2.42. The summed E-state index contributed by atoms with van der Waals surface area (Å²) in [4.78, 5) is 19.4. The van der Waals surface area contributed by atoms with Crippen LogP contribution in [0.2, 0.25) is 0 Å². The molecule has 1 aliphatic heterocycles. The van der Waals surface area contributed by atoms with Gasteiger partial charge in [-0.05, 0) is 65.4 Å². The molecule has 200 valence electrons. The third kappa shape index (κ3) is 5.79. The van der Waals surface area contributed by atoms with Gasteiger partial charge in [0.1, 0.15) is 11.7 Å². The van der Waals surface area contributed by atoms with Crippen LogP contribution in [0.25, 0.3) is 5.65 Å². The third-order valence-corrected chi connectivity index (χ3v) is 7.17. The maximum atomic E-state index is 13.1. The molecule has 1 aliphatic carbocycles. The first kappa shape index (κ1) is 26.7. The Morgan fingerprint density at radius 3 is 2.39 bits per heavy atom. The Labute approximate surface area is 210 Å². The second kappa shape index (κ2) is 9.84. The number of rotatable bonds is 3. The van der Waals surface area contributed by atoms with Gasteiger partial charge in [0.2, 0.25) is 0 Å². The van der Waals surface area contributed by atoms with Gasteiger partial charge in [0.25, 0.3) is 0 Å². The summed E-state index contributed by atoms with van der Waals surface area (Å²) in [5, 5.41) is 4.78. The number of hydrogen-bond donors (Lipinski definition) is 0. The maximum Gasteiger partial charge on any atom is 0.410 e. The van der Waals surface area contributed by atoms with Crippen molar-refractivity contribution in [2.45, 2.75) is 97.1 Å². The number of aromatic nitrogens is 3. The first-order chi connectivity index (χ1) is 16.7. The van der Waals surface area contributed by atoms with Crippen molar-refractivity contribution in [1.82, 2.24) is 19.5 Å². The molecule has 2 aromatic rings. The molecule has 1 amide bonds. The van der Waals surface area contributed by atoms with Gasteiger partial charge in [0, 0.05) is 17.7 Å². The van der Waals surface area contributed by atoms with Crippen LogP contribution in [-0.2, 0) is 9.47 Å². The molecule has 0 unspecified atom stereocenters. The fourth-order valence-corrected chi connectivity index (χ4v) is 5.23. The number of halogens is 3. The summed E-state index contributed by atoms with van der Waals surface area (Å²) in [5.74, 6) is -1.08. The molecule has 2 aliphatic rings. The first-order valence-electron chi connectivity index (χ1n) is 12.8. The van der Waals surface area contributed by atoms with Crippen molar-refractivity contribution in [2.24, 2.45) is 11.8 Å². The van der Waals surface area contributed by atoms with Crippen LogP contribution >= 0.6 is 0 Å². The topological polar surface area (TPSA) is 69.0 Å². The van der Waals surface area contributed by atoms with Crippen LogP contribution in [0.4, 0.5) is 18.0 Å². The summed E-state index contributed by atoms with van der Waals surface area (Å²) >= 11 is 0. The van der Waals surface area contributed by atoms with Gasteiger partial charge < -0.3 is 9.47 Å². The molecule has 4 rings (SSSR count). The van der Waals surface area contributed by atoms with E-state index in [2.05, 4.69) is 4.98 Å². The second-order valence-corrected chi connectivity index (χ2v) is 11.5. The zero-order chi connectivity index (χ0) is 26.4. The molecule has 2 atom stereocenters. The zero-order valence-corrected chi connectivity index (χ0v) is 21.9. The fourth-order valence-electron chi connectivity index (χ4n) is 5.23. The fraction of sp³-hybridized carbons (Fsp3) is 0.731. The molecule has 1 saturated carbocycles. The second-order valence-electron chi connectivity index (χ2n) is 11.5. The molecule has 2 fully saturated rings. The maximum absolute atomic E-state index is 13.1. The number of carbonyl (C=O) groups is 1. The van der Waals surface area contributed by atoms with Gasteiger partial charge in [-0.25, -0.2) is 14.3 Å². The van der Waals surface area contributed by atoms with E-state index in [0.717, 1.165) is 17.1 Å². The van der Waals surface area contributed by atoms with E-state index in [1.54, 1.807) is 9.42 Å². The Bertz CT molecular complexity index is 1080. The number of nitrogens with zero attached hydrogens (tertiary/aromatic N) is 4. The Kier molecular flexibility index (Phi) is 7.29. The van der Waals surface area contributed by atoms with E-state index < -0.39 is 23.8 Å². The van der Waals surface area contributed by atoms with Crippen LogP contribution < -0.4 is 0 Å². The molecule has 0 N–H and O–H groups in total. The summed E-state index contributed by atoms with van der Waals surface area (Å²) in [6, 6.07) is 3.66. The zero-order valence-electron chi connectivity index (χ0n) is 21.9. The van der Waals surface area contributed by atoms with E-state index in [1.165, 1.54) is 0 Å². The lowest BCUT2D eigenvalue weighted by Gasteiger charge is -2.42. The van der Waals surface area contributed by atoms with Gasteiger partial charge in [-0.3, -0.25) is 4.90 Å². The van der Waals surface area contributed by atoms with Crippen LogP contribution in [0.3, 0.4) is 0 Å². The SMILES string of the molecule is Cc1cc([C@H]2CN(C(=O)OC(C)(C)C)[C@@H](C(C)C)CO2)n2nc([C@H]3CC[C@H](C(F)(F)F)CC3)cc2n1. The Morgan fingerprint density at radius 1 is 1.14 bits per heavy atom. The van der Waals surface area contributed by atoms with E-state index in [-0.39, 0.29) is 36.8 Å². The molecule has 7 nitrogen and oxygen atoms in total. The summed E-state index contributed by atoms with van der Waals surface area (Å²) in [7, 11) is 0. The van der Waals surface area contributed by atoms with Gasteiger partial charge in [0.05, 0.1) is 36.5 Å². The van der Waals surface area contributed by atoms with Crippen molar-refractivity contribution >= 4 is 11.7 Å². The molecule has 3 heterocycles. The highest BCUT2D eigenvalue weighted by Crippen LogP contribution is 2.43. The number of hydrogen-bond acceptors (Lipinski definition) is 5. The lowest BCUT2D eigenvalue weighted by Crippen LogP contribution is -2.53. The average molecular weight is 511 g/mol. The molecule has 36 heavy (non-hydrogen) atoms. The number of amides is 1. The van der Waals surface area contributed by atoms with Crippen molar-refractivity contribution < 1.29 is 27.4 Å². The lowest BCUT2D eigenvalue weighted by molar-refractivity contribution is -0.182. The summed E-state index contributed by atoms with van der Waals surface area (Å²) < 4.78 is 53.0. The smallest absolute Gasteiger partial charge is 0.410 e. The Morgan fingerprint density at radius 2 is 1.81 bits per heavy atom. The molecular formula is C26H37F3N4O3. The molecule has 0 bridgehead atoms. The number of carbonyl (C=O) groups excluding carboxylic acids is 1. The van der Waals surface area contributed by atoms with Gasteiger partial charge in [0.15, 0.2) is 5.65 Å². The van der Waals surface area contributed by atoms with Crippen LogP contribution in [0.1, 0.15) is 89.4 Å². The van der Waals surface area contributed by atoms with Crippen LogP contribution in [0, 0.1) is 18.8 Å². The standard InChI is InChI=1S/C26H37F3N4O3/c1-15(2)21-14-35-22(13-32(21)24(34)36-25(4,5)6)20-11-16(3)30-23-12-19(31-33(20)23)17-7-9-18(10-8-17)26(27,28)29/h11-12,15,17-18,21-22H,7-10,13-14H2,1-6H3/t17-,18-,21-,22-/m1/s1. The van der Waals surface area contributed by atoms with Gasteiger partial charge in [-0.2, -0.15) is 18.3 Å². The van der Waals surface area contributed by atoms with Crippen molar-refractivity contribution in [3.63, 3.8) is 0 Å². The Balaban J connectivity index is 1.60. The summed E-state index contributed by atoms with van der Waals surface area (Å²) in [5.41, 5.74) is 2.33. The van der Waals surface area contributed by atoms with E-state index in [0.29, 0.717) is 31.6 Å². The third-order valence-electron chi connectivity index (χ3n) is 7.17. The molecule has 1 saturated heterocycles. The monoisotopic (exact) mass is 510 g/mol. The van der Waals surface area contributed by atoms with Crippen LogP contribution in [-0.4, -0.2) is 56.6 Å². The normalized spacial score (nSPS) is 26.0. The first-order valence-corrected chi connectivity index (χ1v) is 12.8. The van der Waals surface area contributed by atoms with Crippen molar-refractivity contribution in [1.29, 1.82) is 0 Å². The molecule has 0 spiro atoms. The van der Waals surface area contributed by atoms with Gasteiger partial charge in [-0.1, -0.05) is 13.8 Å². The van der Waals surface area contributed by atoms with Crippen molar-refractivity contribution in [3.05, 3.63) is 29.2 Å². The average Bonchev–Trinajstić information content (AvgIpc) is 3.20. The minimum Gasteiger partial charge on any atom is -0.444 e. The van der Waals surface area contributed by atoms with Crippen LogP contribution in [0.15, 0.2) is 12.1 Å². The van der Waals surface area contributed by atoms with Gasteiger partial charge in [-0.15, -0.1) is 0 Å². The van der Waals surface area contributed by atoms with Crippen molar-refractivity contribution in [3.8, 4) is 0 Å². The molecule has 10 heteroatoms. The Hall–Kier alpha value is -2.36. The number of alkyl halides is 3. The number of morpholine rings is 1. The largest absolute Gasteiger partial charge is 0.444 e. The predicted molar refractivity (Wildman–Crippen MR) is 129 cm³/mol. The lowest BCUT2D eigenvalue weighted by atomic mass is 9.80. The van der Waals surface area contributed by atoms with E-state index in [1.807, 2.05) is 53.7 Å². The molecule has 2 aromatic heterocycles. The van der Waals surface area contributed by atoms with Crippen molar-refractivity contribution in [2.75, 3.05) is 13.2 Å². The van der Waals surface area contributed by atoms with Crippen LogP contribution in [0.5, 0.6) is 0 Å². The molecule has 0 radical (unpaired) electrons. The highest BCUT2D eigenvalue weighted by atomic mass is 19.4. The van der Waals surface area contributed by atoms with E-state index >= 15 is 0 Å². The summed E-state index contributed by atoms with van der Waals surface area (Å²) in [6.45, 7) is 12.2. The molecular weight excluding hydrogens is 473 g/mol. The number of ether oxygens (including phenoxy) is 2. The highest BCUT2D eigenvalue weighted by molar-refractivity contribution is 5.69. The van der Waals surface area contributed by atoms with E-state index in [9.17, 15) is 18.0 Å². The quantitative estimate of drug-likeness (QED) is 0.491. The predicted octanol–water partition coefficient (Wildman–Crippen LogP) is 6.21. The minimum absolute atomic E-state index is 0.0330. The minimum atomic E-state index is -4.14. The number of fused-ring (bicyclic) bond motifs is 1. The van der Waals surface area contributed by atoms with Gasteiger partial charge >= 0.3 is 12.3 Å².